The Morgan fingerprint density at radius 2 is 2.25 bits per heavy atom. The summed E-state index contributed by atoms with van der Waals surface area (Å²) in [5, 5.41) is 8.74. The molecule has 0 aromatic heterocycles. The van der Waals surface area contributed by atoms with Crippen molar-refractivity contribution in [3.8, 4) is 0 Å². The van der Waals surface area contributed by atoms with Gasteiger partial charge < -0.3 is 5.11 Å². The van der Waals surface area contributed by atoms with Gasteiger partial charge in [0.25, 0.3) is 0 Å². The number of hydrogen-bond donors (Lipinski definition) is 1. The molecule has 2 heteroatoms. The highest BCUT2D eigenvalue weighted by Gasteiger charge is 2.00. The van der Waals surface area contributed by atoms with Gasteiger partial charge in [-0.05, 0) is 24.5 Å². The number of aliphatic hydroxyl groups is 1. The smallest absolute Gasteiger partial charge is 0.0471 e. The van der Waals surface area contributed by atoms with Crippen LogP contribution >= 0.6 is 15.9 Å². The molecule has 0 bridgehead atoms. The Labute approximate surface area is 81.6 Å². The topological polar surface area (TPSA) is 20.2 Å². The maximum atomic E-state index is 8.74. The van der Waals surface area contributed by atoms with Gasteiger partial charge in [0.15, 0.2) is 0 Å². The predicted octanol–water partition coefficient (Wildman–Crippen LogP) is 2.68. The molecule has 66 valence electrons. The van der Waals surface area contributed by atoms with Crippen LogP contribution in [0.5, 0.6) is 0 Å². The van der Waals surface area contributed by atoms with Crippen molar-refractivity contribution < 1.29 is 5.11 Å². The average molecular weight is 229 g/mol. The number of alkyl halides is 1. The molecule has 1 unspecified atom stereocenters. The van der Waals surface area contributed by atoms with Crippen molar-refractivity contribution in [2.75, 3.05) is 6.61 Å². The van der Waals surface area contributed by atoms with E-state index in [-0.39, 0.29) is 6.61 Å². The van der Waals surface area contributed by atoms with Crippen LogP contribution in [-0.4, -0.2) is 11.7 Å². The Morgan fingerprint density at radius 1 is 1.50 bits per heavy atom. The minimum absolute atomic E-state index is 0.222. The molecule has 1 rings (SSSR count). The van der Waals surface area contributed by atoms with E-state index in [9.17, 15) is 0 Å². The van der Waals surface area contributed by atoms with Gasteiger partial charge in [0.2, 0.25) is 0 Å². The molecule has 0 heterocycles. The highest BCUT2D eigenvalue weighted by molar-refractivity contribution is 9.09. The molecule has 0 aliphatic heterocycles. The van der Waals surface area contributed by atoms with Crippen LogP contribution in [0.3, 0.4) is 0 Å². The van der Waals surface area contributed by atoms with Gasteiger partial charge in [-0.25, -0.2) is 0 Å². The first-order valence-corrected chi connectivity index (χ1v) is 4.99. The first-order chi connectivity index (χ1) is 5.74. The quantitative estimate of drug-likeness (QED) is 0.790. The van der Waals surface area contributed by atoms with Crippen LogP contribution in [-0.2, 0) is 6.42 Å². The zero-order valence-electron chi connectivity index (χ0n) is 7.13. The number of hydrogen-bond acceptors (Lipinski definition) is 1. The molecule has 0 aliphatic rings. The van der Waals surface area contributed by atoms with Crippen LogP contribution < -0.4 is 0 Å². The predicted molar refractivity (Wildman–Crippen MR) is 54.6 cm³/mol. The summed E-state index contributed by atoms with van der Waals surface area (Å²) in [4.78, 5) is 0.385. The highest BCUT2D eigenvalue weighted by atomic mass is 79.9. The molecule has 12 heavy (non-hydrogen) atoms. The van der Waals surface area contributed by atoms with Gasteiger partial charge in [0.1, 0.15) is 0 Å². The summed E-state index contributed by atoms with van der Waals surface area (Å²) >= 11 is 3.51. The van der Waals surface area contributed by atoms with Crippen LogP contribution in [0.4, 0.5) is 0 Å². The summed E-state index contributed by atoms with van der Waals surface area (Å²) in [6, 6.07) is 8.27. The third kappa shape index (κ3) is 2.61. The highest BCUT2D eigenvalue weighted by Crippen LogP contribution is 2.22. The van der Waals surface area contributed by atoms with Crippen LogP contribution in [0.25, 0.3) is 0 Å². The molecular formula is C10H13BrO. The lowest BCUT2D eigenvalue weighted by Gasteiger charge is -2.05. The SMILES string of the molecule is CC(Br)c1cccc(CCO)c1. The molecule has 1 aromatic rings. The van der Waals surface area contributed by atoms with Crippen molar-refractivity contribution in [1.29, 1.82) is 0 Å². The van der Waals surface area contributed by atoms with Crippen molar-refractivity contribution >= 4 is 15.9 Å². The van der Waals surface area contributed by atoms with Crippen molar-refractivity contribution in [2.45, 2.75) is 18.2 Å². The monoisotopic (exact) mass is 228 g/mol. The zero-order chi connectivity index (χ0) is 8.97. The van der Waals surface area contributed by atoms with Gasteiger partial charge in [0.05, 0.1) is 0 Å². The van der Waals surface area contributed by atoms with Crippen molar-refractivity contribution in [3.05, 3.63) is 35.4 Å². The second-order valence-corrected chi connectivity index (χ2v) is 4.21. The summed E-state index contributed by atoms with van der Waals surface area (Å²) in [7, 11) is 0. The average Bonchev–Trinajstić information content (AvgIpc) is 2.05. The largest absolute Gasteiger partial charge is 0.396 e. The number of halogens is 1. The summed E-state index contributed by atoms with van der Waals surface area (Å²) < 4.78 is 0. The van der Waals surface area contributed by atoms with Crippen molar-refractivity contribution in [3.63, 3.8) is 0 Å². The molecule has 1 N–H and O–H groups in total. The van der Waals surface area contributed by atoms with Gasteiger partial charge in [-0.1, -0.05) is 40.2 Å². The first kappa shape index (κ1) is 9.75. The maximum Gasteiger partial charge on any atom is 0.0471 e. The summed E-state index contributed by atoms with van der Waals surface area (Å²) in [5.41, 5.74) is 2.46. The van der Waals surface area contributed by atoms with Crippen LogP contribution in [0.1, 0.15) is 22.9 Å². The Hall–Kier alpha value is -0.340. The Morgan fingerprint density at radius 3 is 2.83 bits per heavy atom. The number of benzene rings is 1. The number of rotatable bonds is 3. The van der Waals surface area contributed by atoms with Crippen LogP contribution in [0.15, 0.2) is 24.3 Å². The molecule has 0 aliphatic carbocycles. The van der Waals surface area contributed by atoms with Gasteiger partial charge in [-0.15, -0.1) is 0 Å². The standard InChI is InChI=1S/C10H13BrO/c1-8(11)10-4-2-3-9(7-10)5-6-12/h2-4,7-8,12H,5-6H2,1H3. The summed E-state index contributed by atoms with van der Waals surface area (Å²) in [5.74, 6) is 0. The lowest BCUT2D eigenvalue weighted by molar-refractivity contribution is 0.299. The molecular weight excluding hydrogens is 216 g/mol. The number of aliphatic hydroxyl groups excluding tert-OH is 1. The van der Waals surface area contributed by atoms with E-state index in [4.69, 9.17) is 5.11 Å². The van der Waals surface area contributed by atoms with E-state index in [1.165, 1.54) is 11.1 Å². The van der Waals surface area contributed by atoms with Gasteiger partial charge in [-0.3, -0.25) is 0 Å². The molecule has 0 spiro atoms. The summed E-state index contributed by atoms with van der Waals surface area (Å²) in [6.07, 6.45) is 0.744. The van der Waals surface area contributed by atoms with E-state index in [1.807, 2.05) is 12.1 Å². The molecule has 0 amide bonds. The van der Waals surface area contributed by atoms with Crippen molar-refractivity contribution in [1.82, 2.24) is 0 Å². The molecule has 0 radical (unpaired) electrons. The fourth-order valence-corrected chi connectivity index (χ4v) is 1.41. The van der Waals surface area contributed by atoms with Gasteiger partial charge in [-0.2, -0.15) is 0 Å². The van der Waals surface area contributed by atoms with E-state index in [1.54, 1.807) is 0 Å². The fraction of sp³-hybridized carbons (Fsp3) is 0.400. The molecule has 1 atom stereocenters. The minimum atomic E-state index is 0.222. The third-order valence-electron chi connectivity index (χ3n) is 1.81. The molecule has 0 saturated heterocycles. The zero-order valence-corrected chi connectivity index (χ0v) is 8.71. The molecule has 0 fully saturated rings. The van der Waals surface area contributed by atoms with E-state index in [2.05, 4.69) is 35.0 Å². The second kappa shape index (κ2) is 4.63. The lowest BCUT2D eigenvalue weighted by Crippen LogP contribution is -1.92. The lowest BCUT2D eigenvalue weighted by atomic mass is 10.1. The van der Waals surface area contributed by atoms with E-state index in [0.717, 1.165) is 6.42 Å². The van der Waals surface area contributed by atoms with Gasteiger partial charge >= 0.3 is 0 Å². The van der Waals surface area contributed by atoms with E-state index >= 15 is 0 Å². The normalized spacial score (nSPS) is 12.9. The van der Waals surface area contributed by atoms with Crippen LogP contribution in [0, 0.1) is 0 Å². The Balaban J connectivity index is 2.81. The summed E-state index contributed by atoms with van der Waals surface area (Å²) in [6.45, 7) is 2.32. The maximum absolute atomic E-state index is 8.74. The third-order valence-corrected chi connectivity index (χ3v) is 2.34. The fourth-order valence-electron chi connectivity index (χ4n) is 1.13. The van der Waals surface area contributed by atoms with Gasteiger partial charge in [0, 0.05) is 11.4 Å². The van der Waals surface area contributed by atoms with Crippen LogP contribution in [0.2, 0.25) is 0 Å². The second-order valence-electron chi connectivity index (χ2n) is 2.83. The van der Waals surface area contributed by atoms with E-state index in [0.29, 0.717) is 4.83 Å². The molecule has 1 aromatic carbocycles. The molecule has 0 saturated carbocycles. The Kier molecular flexibility index (Phi) is 3.76. The first-order valence-electron chi connectivity index (χ1n) is 4.08. The Bertz CT molecular complexity index is 245. The van der Waals surface area contributed by atoms with E-state index < -0.39 is 0 Å². The van der Waals surface area contributed by atoms with Crippen molar-refractivity contribution in [2.24, 2.45) is 0 Å². The minimum Gasteiger partial charge on any atom is -0.396 e. The molecule has 1 nitrogen and oxygen atoms in total.